The second-order valence-corrected chi connectivity index (χ2v) is 5.20. The zero-order valence-corrected chi connectivity index (χ0v) is 12.2. The Kier molecular flexibility index (Phi) is 4.08. The van der Waals surface area contributed by atoms with E-state index in [4.69, 9.17) is 22.1 Å². The van der Waals surface area contributed by atoms with Crippen LogP contribution < -0.4 is 10.5 Å². The summed E-state index contributed by atoms with van der Waals surface area (Å²) in [6.45, 7) is 0.549. The van der Waals surface area contributed by atoms with E-state index in [0.29, 0.717) is 17.4 Å². The molecule has 1 atom stereocenters. The molecule has 1 aromatic carbocycles. The van der Waals surface area contributed by atoms with Crippen molar-refractivity contribution in [2.24, 2.45) is 5.73 Å². The molecule has 2 N–H and O–H groups in total. The quantitative estimate of drug-likeness (QED) is 0.785. The highest BCUT2D eigenvalue weighted by Crippen LogP contribution is 2.27. The van der Waals surface area contributed by atoms with Crippen molar-refractivity contribution >= 4 is 17.2 Å². The van der Waals surface area contributed by atoms with Crippen molar-refractivity contribution in [2.45, 2.75) is 12.5 Å². The minimum atomic E-state index is -0.111. The Morgan fingerprint density at radius 3 is 2.81 bits per heavy atom. The predicted octanol–water partition coefficient (Wildman–Crippen LogP) is 3.46. The molecule has 0 aliphatic heterocycles. The molecule has 0 fully saturated rings. The number of halogens is 1. The van der Waals surface area contributed by atoms with Crippen LogP contribution in [0.15, 0.2) is 54.9 Å². The number of hydrogen-bond acceptors (Lipinski definition) is 3. The Morgan fingerprint density at radius 1 is 1.24 bits per heavy atom. The van der Waals surface area contributed by atoms with Gasteiger partial charge in [0.15, 0.2) is 0 Å². The van der Waals surface area contributed by atoms with Gasteiger partial charge in [-0.2, -0.15) is 0 Å². The largest absolute Gasteiger partial charge is 0.470 e. The summed E-state index contributed by atoms with van der Waals surface area (Å²) in [7, 11) is 0. The summed E-state index contributed by atoms with van der Waals surface area (Å²) in [5.74, 6) is 0.664. The molecule has 0 saturated carbocycles. The number of ether oxygens (including phenoxy) is 1. The Balaban J connectivity index is 1.96. The zero-order chi connectivity index (χ0) is 14.7. The molecule has 2 aromatic heterocycles. The van der Waals surface area contributed by atoms with E-state index in [-0.39, 0.29) is 6.10 Å². The molecule has 108 valence electrons. The normalized spacial score (nSPS) is 12.5. The molecule has 3 rings (SSSR count). The van der Waals surface area contributed by atoms with Crippen LogP contribution in [0.1, 0.15) is 18.1 Å². The minimum Gasteiger partial charge on any atom is -0.470 e. The molecule has 2 heterocycles. The van der Waals surface area contributed by atoms with Crippen LogP contribution in [-0.4, -0.2) is 15.9 Å². The van der Waals surface area contributed by atoms with Gasteiger partial charge in [0.05, 0.1) is 0 Å². The third-order valence-electron chi connectivity index (χ3n) is 3.30. The first-order chi connectivity index (χ1) is 10.3. The maximum atomic E-state index is 6.15. The average Bonchev–Trinajstić information content (AvgIpc) is 2.96. The lowest BCUT2D eigenvalue weighted by molar-refractivity contribution is 0.187. The monoisotopic (exact) mass is 301 g/mol. The smallest absolute Gasteiger partial charge is 0.201 e. The predicted molar refractivity (Wildman–Crippen MR) is 83.7 cm³/mol. The van der Waals surface area contributed by atoms with E-state index in [1.54, 1.807) is 18.3 Å². The molecule has 0 saturated heterocycles. The SMILES string of the molecule is NCC[C@@H](Oc1cc(Cl)cc2nccn12)c1ccccc1. The number of benzene rings is 1. The molecule has 0 aliphatic carbocycles. The number of nitrogens with two attached hydrogens (primary N) is 1. The van der Waals surface area contributed by atoms with Crippen LogP contribution in [-0.2, 0) is 0 Å². The van der Waals surface area contributed by atoms with Gasteiger partial charge in [-0.3, -0.25) is 4.40 Å². The van der Waals surface area contributed by atoms with Crippen molar-refractivity contribution in [3.8, 4) is 5.88 Å². The standard InChI is InChI=1S/C16H16ClN3O/c17-13-10-15-19-8-9-20(15)16(11-13)21-14(6-7-18)12-4-2-1-3-5-12/h1-5,8-11,14H,6-7,18H2/t14-/m1/s1. The average molecular weight is 302 g/mol. The van der Waals surface area contributed by atoms with Crippen LogP contribution in [0.5, 0.6) is 5.88 Å². The van der Waals surface area contributed by atoms with Gasteiger partial charge >= 0.3 is 0 Å². The van der Waals surface area contributed by atoms with Gasteiger partial charge in [0.25, 0.3) is 0 Å². The molecule has 21 heavy (non-hydrogen) atoms. The Bertz CT molecular complexity index is 727. The molecular weight excluding hydrogens is 286 g/mol. The Hall–Kier alpha value is -2.04. The molecule has 3 aromatic rings. The van der Waals surface area contributed by atoms with Crippen LogP contribution in [0.4, 0.5) is 0 Å². The first-order valence-electron chi connectivity index (χ1n) is 6.82. The summed E-state index contributed by atoms with van der Waals surface area (Å²) in [5.41, 5.74) is 7.57. The lowest BCUT2D eigenvalue weighted by atomic mass is 10.1. The van der Waals surface area contributed by atoms with Gasteiger partial charge in [0, 0.05) is 36.0 Å². The van der Waals surface area contributed by atoms with Gasteiger partial charge in [0.1, 0.15) is 11.8 Å². The van der Waals surface area contributed by atoms with Gasteiger partial charge in [-0.1, -0.05) is 41.9 Å². The molecule has 5 heteroatoms. The van der Waals surface area contributed by atoms with Gasteiger partial charge in [-0.25, -0.2) is 4.98 Å². The van der Waals surface area contributed by atoms with Gasteiger partial charge < -0.3 is 10.5 Å². The number of imidazole rings is 1. The third kappa shape index (κ3) is 3.01. The molecular formula is C16H16ClN3O. The lowest BCUT2D eigenvalue weighted by Crippen LogP contribution is -2.14. The summed E-state index contributed by atoms with van der Waals surface area (Å²) >= 11 is 6.13. The van der Waals surface area contributed by atoms with E-state index in [1.807, 2.05) is 40.9 Å². The van der Waals surface area contributed by atoms with E-state index in [2.05, 4.69) is 4.98 Å². The minimum absolute atomic E-state index is 0.111. The van der Waals surface area contributed by atoms with Crippen molar-refractivity contribution in [2.75, 3.05) is 6.54 Å². The molecule has 0 spiro atoms. The number of fused-ring (bicyclic) bond motifs is 1. The highest BCUT2D eigenvalue weighted by molar-refractivity contribution is 6.31. The van der Waals surface area contributed by atoms with Crippen molar-refractivity contribution in [1.82, 2.24) is 9.38 Å². The van der Waals surface area contributed by atoms with Gasteiger partial charge in [-0.05, 0) is 12.1 Å². The second kappa shape index (κ2) is 6.16. The first-order valence-corrected chi connectivity index (χ1v) is 7.20. The van der Waals surface area contributed by atoms with E-state index in [0.717, 1.165) is 17.6 Å². The Morgan fingerprint density at radius 2 is 2.05 bits per heavy atom. The fraction of sp³-hybridized carbons (Fsp3) is 0.188. The maximum absolute atomic E-state index is 6.15. The fourth-order valence-corrected chi connectivity index (χ4v) is 2.50. The van der Waals surface area contributed by atoms with Crippen LogP contribution in [0, 0.1) is 0 Å². The van der Waals surface area contributed by atoms with Crippen molar-refractivity contribution in [3.05, 3.63) is 65.4 Å². The molecule has 0 unspecified atom stereocenters. The summed E-state index contributed by atoms with van der Waals surface area (Å²) in [6.07, 6.45) is 4.19. The van der Waals surface area contributed by atoms with Crippen LogP contribution in [0.25, 0.3) is 5.65 Å². The summed E-state index contributed by atoms with van der Waals surface area (Å²) in [5, 5.41) is 0.600. The molecule has 0 radical (unpaired) electrons. The molecule has 0 amide bonds. The van der Waals surface area contributed by atoms with Gasteiger partial charge in [-0.15, -0.1) is 0 Å². The van der Waals surface area contributed by atoms with Crippen molar-refractivity contribution < 1.29 is 4.74 Å². The zero-order valence-electron chi connectivity index (χ0n) is 11.4. The number of pyridine rings is 1. The maximum Gasteiger partial charge on any atom is 0.201 e. The highest BCUT2D eigenvalue weighted by Gasteiger charge is 2.15. The third-order valence-corrected chi connectivity index (χ3v) is 3.52. The number of rotatable bonds is 5. The lowest BCUT2D eigenvalue weighted by Gasteiger charge is -2.20. The highest BCUT2D eigenvalue weighted by atomic mass is 35.5. The first kappa shape index (κ1) is 13.9. The van der Waals surface area contributed by atoms with Crippen molar-refractivity contribution in [3.63, 3.8) is 0 Å². The summed E-state index contributed by atoms with van der Waals surface area (Å²) in [4.78, 5) is 4.24. The summed E-state index contributed by atoms with van der Waals surface area (Å²) in [6, 6.07) is 13.6. The van der Waals surface area contributed by atoms with E-state index < -0.39 is 0 Å². The number of nitrogens with zero attached hydrogens (tertiary/aromatic N) is 2. The van der Waals surface area contributed by atoms with Crippen LogP contribution >= 0.6 is 11.6 Å². The summed E-state index contributed by atoms with van der Waals surface area (Å²) < 4.78 is 8.03. The van der Waals surface area contributed by atoms with Crippen LogP contribution in [0.3, 0.4) is 0 Å². The van der Waals surface area contributed by atoms with Gasteiger partial charge in [0.2, 0.25) is 5.88 Å². The second-order valence-electron chi connectivity index (χ2n) is 4.76. The number of aromatic nitrogens is 2. The Labute approximate surface area is 128 Å². The molecule has 0 bridgehead atoms. The fourth-order valence-electron chi connectivity index (χ4n) is 2.31. The van der Waals surface area contributed by atoms with Crippen LogP contribution in [0.2, 0.25) is 5.02 Å². The number of hydrogen-bond donors (Lipinski definition) is 1. The molecule has 0 aliphatic rings. The van der Waals surface area contributed by atoms with E-state index in [1.165, 1.54) is 0 Å². The van der Waals surface area contributed by atoms with Crippen molar-refractivity contribution in [1.29, 1.82) is 0 Å². The van der Waals surface area contributed by atoms with E-state index in [9.17, 15) is 0 Å². The van der Waals surface area contributed by atoms with E-state index >= 15 is 0 Å². The molecule has 4 nitrogen and oxygen atoms in total. The topological polar surface area (TPSA) is 52.5 Å².